The predicted molar refractivity (Wildman–Crippen MR) is 76.8 cm³/mol. The summed E-state index contributed by atoms with van der Waals surface area (Å²) in [4.78, 5) is 0. The fourth-order valence-corrected chi connectivity index (χ4v) is 3.11. The molecule has 2 heteroatoms. The number of rotatable bonds is 0. The van der Waals surface area contributed by atoms with Crippen molar-refractivity contribution < 1.29 is 0 Å². The SMILES string of the molecule is Cc1cc(N)c2c(c1N)Cc1ccccc1C2C. The van der Waals surface area contributed by atoms with Gasteiger partial charge in [0.15, 0.2) is 0 Å². The van der Waals surface area contributed by atoms with Gasteiger partial charge in [0.1, 0.15) is 0 Å². The van der Waals surface area contributed by atoms with Gasteiger partial charge in [-0.15, -0.1) is 0 Å². The van der Waals surface area contributed by atoms with Crippen molar-refractivity contribution in [3.8, 4) is 0 Å². The van der Waals surface area contributed by atoms with E-state index in [9.17, 15) is 0 Å². The molecule has 1 aliphatic carbocycles. The van der Waals surface area contributed by atoms with Crippen molar-refractivity contribution in [2.75, 3.05) is 11.5 Å². The van der Waals surface area contributed by atoms with Crippen LogP contribution in [0.1, 0.15) is 40.7 Å². The highest BCUT2D eigenvalue weighted by molar-refractivity contribution is 5.71. The lowest BCUT2D eigenvalue weighted by molar-refractivity contribution is 0.849. The number of nitrogens with two attached hydrogens (primary N) is 2. The van der Waals surface area contributed by atoms with Gasteiger partial charge >= 0.3 is 0 Å². The second kappa shape index (κ2) is 3.77. The minimum Gasteiger partial charge on any atom is -0.398 e. The lowest BCUT2D eigenvalue weighted by atomic mass is 9.77. The third kappa shape index (κ3) is 1.42. The van der Waals surface area contributed by atoms with E-state index in [2.05, 4.69) is 31.2 Å². The molecule has 92 valence electrons. The predicted octanol–water partition coefficient (Wildman–Crippen LogP) is 3.22. The van der Waals surface area contributed by atoms with Crippen molar-refractivity contribution in [1.82, 2.24) is 0 Å². The summed E-state index contributed by atoms with van der Waals surface area (Å²) in [6.45, 7) is 4.24. The van der Waals surface area contributed by atoms with Crippen LogP contribution in [0.3, 0.4) is 0 Å². The van der Waals surface area contributed by atoms with Gasteiger partial charge in [-0.05, 0) is 40.8 Å². The second-order valence-corrected chi connectivity index (χ2v) is 5.19. The molecule has 18 heavy (non-hydrogen) atoms. The van der Waals surface area contributed by atoms with Gasteiger partial charge in [0, 0.05) is 23.7 Å². The number of fused-ring (bicyclic) bond motifs is 2. The normalized spacial score (nSPS) is 17.1. The van der Waals surface area contributed by atoms with Crippen LogP contribution in [-0.2, 0) is 6.42 Å². The van der Waals surface area contributed by atoms with Gasteiger partial charge in [-0.2, -0.15) is 0 Å². The largest absolute Gasteiger partial charge is 0.398 e. The number of aryl methyl sites for hydroxylation is 1. The van der Waals surface area contributed by atoms with E-state index in [1.807, 2.05) is 13.0 Å². The Morgan fingerprint density at radius 3 is 2.67 bits per heavy atom. The van der Waals surface area contributed by atoms with E-state index in [0.717, 1.165) is 23.4 Å². The van der Waals surface area contributed by atoms with E-state index in [-0.39, 0.29) is 0 Å². The van der Waals surface area contributed by atoms with E-state index >= 15 is 0 Å². The van der Waals surface area contributed by atoms with Crippen LogP contribution in [0.2, 0.25) is 0 Å². The van der Waals surface area contributed by atoms with Crippen LogP contribution in [0.25, 0.3) is 0 Å². The summed E-state index contributed by atoms with van der Waals surface area (Å²) >= 11 is 0. The first-order chi connectivity index (χ1) is 8.59. The average molecular weight is 238 g/mol. The number of hydrogen-bond donors (Lipinski definition) is 2. The summed E-state index contributed by atoms with van der Waals surface area (Å²) in [5.41, 5.74) is 20.5. The summed E-state index contributed by atoms with van der Waals surface area (Å²) in [5, 5.41) is 0. The summed E-state index contributed by atoms with van der Waals surface area (Å²) in [6, 6.07) is 10.6. The second-order valence-electron chi connectivity index (χ2n) is 5.19. The molecule has 0 aromatic heterocycles. The van der Waals surface area contributed by atoms with Gasteiger partial charge in [0.25, 0.3) is 0 Å². The van der Waals surface area contributed by atoms with Crippen LogP contribution in [0.15, 0.2) is 30.3 Å². The third-order valence-electron chi connectivity index (χ3n) is 4.08. The van der Waals surface area contributed by atoms with Gasteiger partial charge in [-0.1, -0.05) is 31.2 Å². The Kier molecular flexibility index (Phi) is 2.34. The minimum atomic E-state index is 0.327. The van der Waals surface area contributed by atoms with Gasteiger partial charge in [0.05, 0.1) is 0 Å². The lowest BCUT2D eigenvalue weighted by Crippen LogP contribution is -2.16. The van der Waals surface area contributed by atoms with Gasteiger partial charge < -0.3 is 11.5 Å². The quantitative estimate of drug-likeness (QED) is 0.692. The molecule has 0 heterocycles. The highest BCUT2D eigenvalue weighted by atomic mass is 14.6. The van der Waals surface area contributed by atoms with E-state index in [0.29, 0.717) is 5.92 Å². The van der Waals surface area contributed by atoms with Crippen LogP contribution < -0.4 is 11.5 Å². The summed E-state index contributed by atoms with van der Waals surface area (Å²) < 4.78 is 0. The van der Waals surface area contributed by atoms with E-state index in [1.165, 1.54) is 22.3 Å². The van der Waals surface area contributed by atoms with Crippen molar-refractivity contribution in [2.45, 2.75) is 26.2 Å². The Balaban J connectivity index is 2.28. The van der Waals surface area contributed by atoms with Crippen molar-refractivity contribution >= 4 is 11.4 Å². The maximum atomic E-state index is 6.24. The molecule has 0 spiro atoms. The molecule has 2 aromatic carbocycles. The molecule has 2 aromatic rings. The topological polar surface area (TPSA) is 52.0 Å². The molecule has 1 unspecified atom stereocenters. The molecular weight excluding hydrogens is 220 g/mol. The first kappa shape index (κ1) is 11.1. The highest BCUT2D eigenvalue weighted by Crippen LogP contribution is 2.42. The molecule has 3 rings (SSSR count). The lowest BCUT2D eigenvalue weighted by Gasteiger charge is -2.29. The highest BCUT2D eigenvalue weighted by Gasteiger charge is 2.26. The Hall–Kier alpha value is -1.96. The summed E-state index contributed by atoms with van der Waals surface area (Å²) in [5.74, 6) is 0.327. The zero-order chi connectivity index (χ0) is 12.9. The molecule has 0 radical (unpaired) electrons. The van der Waals surface area contributed by atoms with Crippen LogP contribution in [-0.4, -0.2) is 0 Å². The zero-order valence-electron chi connectivity index (χ0n) is 10.8. The molecule has 0 saturated carbocycles. The average Bonchev–Trinajstić information content (AvgIpc) is 2.36. The van der Waals surface area contributed by atoms with Crippen LogP contribution >= 0.6 is 0 Å². The molecule has 0 amide bonds. The zero-order valence-corrected chi connectivity index (χ0v) is 10.8. The molecule has 0 bridgehead atoms. The smallest absolute Gasteiger partial charge is 0.0384 e. The Labute approximate surface area is 108 Å². The van der Waals surface area contributed by atoms with E-state index in [4.69, 9.17) is 11.5 Å². The van der Waals surface area contributed by atoms with Crippen LogP contribution in [0.4, 0.5) is 11.4 Å². The van der Waals surface area contributed by atoms with Crippen molar-refractivity contribution in [1.29, 1.82) is 0 Å². The molecule has 4 N–H and O–H groups in total. The van der Waals surface area contributed by atoms with Crippen LogP contribution in [0, 0.1) is 6.92 Å². The maximum absolute atomic E-state index is 6.24. The van der Waals surface area contributed by atoms with Gasteiger partial charge in [-0.3, -0.25) is 0 Å². The first-order valence-electron chi connectivity index (χ1n) is 6.34. The fourth-order valence-electron chi connectivity index (χ4n) is 3.11. The molecule has 0 saturated heterocycles. The molecule has 1 atom stereocenters. The van der Waals surface area contributed by atoms with Crippen molar-refractivity contribution in [3.05, 3.63) is 58.1 Å². The van der Waals surface area contributed by atoms with Gasteiger partial charge in [0.2, 0.25) is 0 Å². The third-order valence-corrected chi connectivity index (χ3v) is 4.08. The number of benzene rings is 2. The Morgan fingerprint density at radius 1 is 1.17 bits per heavy atom. The minimum absolute atomic E-state index is 0.327. The van der Waals surface area contributed by atoms with E-state index in [1.54, 1.807) is 0 Å². The standard InChI is InChI=1S/C16H18N2/c1-9-7-14(17)15-10(2)12-6-4-3-5-11(12)8-13(15)16(9)18/h3-7,10H,8,17-18H2,1-2H3. The Bertz CT molecular complexity index is 629. The Morgan fingerprint density at radius 2 is 1.89 bits per heavy atom. The summed E-state index contributed by atoms with van der Waals surface area (Å²) in [7, 11) is 0. The van der Waals surface area contributed by atoms with Crippen molar-refractivity contribution in [2.24, 2.45) is 0 Å². The number of anilines is 2. The first-order valence-corrected chi connectivity index (χ1v) is 6.34. The van der Waals surface area contributed by atoms with E-state index < -0.39 is 0 Å². The number of hydrogen-bond acceptors (Lipinski definition) is 2. The maximum Gasteiger partial charge on any atom is 0.0384 e. The molecule has 1 aliphatic rings. The molecular formula is C16H18N2. The van der Waals surface area contributed by atoms with Gasteiger partial charge in [-0.25, -0.2) is 0 Å². The van der Waals surface area contributed by atoms with Crippen molar-refractivity contribution in [3.63, 3.8) is 0 Å². The monoisotopic (exact) mass is 238 g/mol. The van der Waals surface area contributed by atoms with Crippen LogP contribution in [0.5, 0.6) is 0 Å². The fraction of sp³-hybridized carbons (Fsp3) is 0.250. The molecule has 0 fully saturated rings. The number of nitrogen functional groups attached to an aromatic ring is 2. The molecule has 2 nitrogen and oxygen atoms in total. The molecule has 0 aliphatic heterocycles. The summed E-state index contributed by atoms with van der Waals surface area (Å²) in [6.07, 6.45) is 0.896.